The van der Waals surface area contributed by atoms with Crippen molar-refractivity contribution in [3.63, 3.8) is 0 Å². The van der Waals surface area contributed by atoms with Gasteiger partial charge in [-0.15, -0.1) is 0 Å². The van der Waals surface area contributed by atoms with Gasteiger partial charge in [-0.2, -0.15) is 0 Å². The number of nitrogens with zero attached hydrogens (tertiary/aromatic N) is 3. The van der Waals surface area contributed by atoms with E-state index in [-0.39, 0.29) is 18.1 Å². The molecule has 4 rings (SSSR count). The van der Waals surface area contributed by atoms with Crippen molar-refractivity contribution in [3.05, 3.63) is 60.2 Å². The Morgan fingerprint density at radius 1 is 1.00 bits per heavy atom. The fourth-order valence-corrected chi connectivity index (χ4v) is 3.52. The van der Waals surface area contributed by atoms with E-state index in [0.29, 0.717) is 43.5 Å². The third kappa shape index (κ3) is 4.40. The van der Waals surface area contributed by atoms with Crippen molar-refractivity contribution in [2.75, 3.05) is 36.4 Å². The summed E-state index contributed by atoms with van der Waals surface area (Å²) in [4.78, 5) is 32.9. The number of carbonyl (C=O) groups excluding carboxylic acids is 2. The van der Waals surface area contributed by atoms with Gasteiger partial charge >= 0.3 is 0 Å². The van der Waals surface area contributed by atoms with Crippen molar-refractivity contribution < 1.29 is 18.4 Å². The van der Waals surface area contributed by atoms with Gasteiger partial charge in [0.05, 0.1) is 12.1 Å². The van der Waals surface area contributed by atoms with Crippen molar-refractivity contribution in [2.24, 2.45) is 4.99 Å². The quantitative estimate of drug-likeness (QED) is 0.807. The van der Waals surface area contributed by atoms with Crippen molar-refractivity contribution in [1.29, 1.82) is 0 Å². The second-order valence-electron chi connectivity index (χ2n) is 7.14. The maximum atomic E-state index is 14.0. The number of anilines is 2. The van der Waals surface area contributed by atoms with Crippen LogP contribution in [0.1, 0.15) is 6.42 Å². The Kier molecular flexibility index (Phi) is 5.60. The summed E-state index contributed by atoms with van der Waals surface area (Å²) in [6.07, 6.45) is -0.0638. The van der Waals surface area contributed by atoms with E-state index >= 15 is 0 Å². The highest BCUT2D eigenvalue weighted by molar-refractivity contribution is 6.06. The van der Waals surface area contributed by atoms with E-state index in [1.807, 2.05) is 9.80 Å². The van der Waals surface area contributed by atoms with Crippen LogP contribution in [0.15, 0.2) is 53.5 Å². The molecule has 0 spiro atoms. The summed E-state index contributed by atoms with van der Waals surface area (Å²) in [6, 6.07) is 11.1. The molecule has 30 heavy (non-hydrogen) atoms. The minimum Gasteiger partial charge on any atom is -0.366 e. The van der Waals surface area contributed by atoms with E-state index in [9.17, 15) is 18.4 Å². The molecule has 0 saturated carbocycles. The molecule has 2 aliphatic rings. The maximum absolute atomic E-state index is 14.0. The third-order valence-electron chi connectivity index (χ3n) is 5.09. The number of hydrogen-bond acceptors (Lipinski definition) is 5. The summed E-state index contributed by atoms with van der Waals surface area (Å²) in [5.74, 6) is -1.06. The molecule has 2 heterocycles. The molecule has 156 valence electrons. The zero-order chi connectivity index (χ0) is 21.1. The molecule has 1 saturated heterocycles. The second kappa shape index (κ2) is 8.48. The van der Waals surface area contributed by atoms with Gasteiger partial charge in [-0.05, 0) is 36.4 Å². The van der Waals surface area contributed by atoms with Gasteiger partial charge in [0, 0.05) is 31.9 Å². The average Bonchev–Trinajstić information content (AvgIpc) is 2.75. The second-order valence-corrected chi connectivity index (χ2v) is 7.14. The van der Waals surface area contributed by atoms with E-state index < -0.39 is 17.8 Å². The third-order valence-corrected chi connectivity index (χ3v) is 5.09. The molecular weight excluding hydrogens is 392 g/mol. The Bertz CT molecular complexity index is 972. The molecule has 1 fully saturated rings. The van der Waals surface area contributed by atoms with Gasteiger partial charge < -0.3 is 15.1 Å². The number of aliphatic imine (C=N–C) groups is 1. The molecule has 0 bridgehead atoms. The summed E-state index contributed by atoms with van der Waals surface area (Å²) in [7, 11) is 0. The molecule has 2 N–H and O–H groups in total. The number of para-hydroxylation sites is 1. The first-order chi connectivity index (χ1) is 14.5. The van der Waals surface area contributed by atoms with Crippen molar-refractivity contribution in [1.82, 2.24) is 10.2 Å². The lowest BCUT2D eigenvalue weighted by molar-refractivity contribution is -0.125. The molecule has 2 aromatic rings. The monoisotopic (exact) mass is 413 g/mol. The van der Waals surface area contributed by atoms with E-state index in [1.165, 1.54) is 30.3 Å². The van der Waals surface area contributed by atoms with Gasteiger partial charge in [-0.3, -0.25) is 14.9 Å². The Balaban J connectivity index is 1.41. The first-order valence-corrected chi connectivity index (χ1v) is 9.68. The van der Waals surface area contributed by atoms with Crippen LogP contribution < -0.4 is 15.5 Å². The van der Waals surface area contributed by atoms with Gasteiger partial charge in [-0.25, -0.2) is 13.8 Å². The zero-order valence-corrected chi connectivity index (χ0v) is 16.1. The Morgan fingerprint density at radius 2 is 1.67 bits per heavy atom. The molecule has 2 amide bonds. The molecule has 0 aromatic heterocycles. The first-order valence-electron chi connectivity index (χ1n) is 9.68. The fraction of sp³-hybridized carbons (Fsp3) is 0.286. The van der Waals surface area contributed by atoms with Crippen LogP contribution in [0.3, 0.4) is 0 Å². The highest BCUT2D eigenvalue weighted by Crippen LogP contribution is 2.21. The van der Waals surface area contributed by atoms with Crippen LogP contribution in [0.4, 0.5) is 20.2 Å². The molecular formula is C21H21F2N5O2. The van der Waals surface area contributed by atoms with E-state index in [4.69, 9.17) is 0 Å². The lowest BCUT2D eigenvalue weighted by atomic mass is 10.1. The summed E-state index contributed by atoms with van der Waals surface area (Å²) in [5, 5.41) is 5.38. The maximum Gasteiger partial charge on any atom is 0.249 e. The number of carbonyl (C=O) groups is 2. The standard InChI is InChI=1S/C21H21F2N5O2/c22-14-5-7-15(8-6-14)24-20(30)17-13-19(29)26-21(25-17)28-11-9-27(10-12-28)18-4-2-1-3-16(18)23/h1-8,17H,9-13H2,(H,24,30)(H,25,26,29)/t17-/m0/s1. The summed E-state index contributed by atoms with van der Waals surface area (Å²) in [6.45, 7) is 2.17. The van der Waals surface area contributed by atoms with Crippen LogP contribution in [0, 0.1) is 11.6 Å². The van der Waals surface area contributed by atoms with Crippen LogP contribution in [-0.2, 0) is 9.59 Å². The number of benzene rings is 2. The zero-order valence-electron chi connectivity index (χ0n) is 16.1. The number of hydrogen-bond donors (Lipinski definition) is 2. The molecule has 9 heteroatoms. The summed E-state index contributed by atoms with van der Waals surface area (Å²) >= 11 is 0. The summed E-state index contributed by atoms with van der Waals surface area (Å²) in [5.41, 5.74) is 0.978. The van der Waals surface area contributed by atoms with Crippen molar-refractivity contribution in [2.45, 2.75) is 12.5 Å². The van der Waals surface area contributed by atoms with Crippen LogP contribution >= 0.6 is 0 Å². The van der Waals surface area contributed by atoms with Gasteiger partial charge in [0.2, 0.25) is 17.8 Å². The number of halogens is 2. The van der Waals surface area contributed by atoms with Crippen LogP contribution in [0.25, 0.3) is 0 Å². The normalized spacial score (nSPS) is 19.2. The lowest BCUT2D eigenvalue weighted by Crippen LogP contribution is -2.56. The SMILES string of the molecule is O=C1C[C@@H](C(=O)Nc2ccc(F)cc2)N=C(N2CCN(c3ccccc3F)CC2)N1. The number of amides is 2. The number of guanidine groups is 1. The molecule has 2 aliphatic heterocycles. The van der Waals surface area contributed by atoms with Gasteiger partial charge in [0.25, 0.3) is 0 Å². The Hall–Kier alpha value is -3.49. The highest BCUT2D eigenvalue weighted by atomic mass is 19.1. The predicted molar refractivity (Wildman–Crippen MR) is 109 cm³/mol. The van der Waals surface area contributed by atoms with Gasteiger partial charge in [0.1, 0.15) is 17.7 Å². The highest BCUT2D eigenvalue weighted by Gasteiger charge is 2.31. The molecule has 0 unspecified atom stereocenters. The molecule has 2 aromatic carbocycles. The van der Waals surface area contributed by atoms with Crippen LogP contribution in [0.2, 0.25) is 0 Å². The van der Waals surface area contributed by atoms with Gasteiger partial charge in [-0.1, -0.05) is 12.1 Å². The van der Waals surface area contributed by atoms with E-state index in [2.05, 4.69) is 15.6 Å². The molecule has 7 nitrogen and oxygen atoms in total. The Labute approximate surface area is 172 Å². The lowest BCUT2D eigenvalue weighted by Gasteiger charge is -2.38. The van der Waals surface area contributed by atoms with Crippen molar-refractivity contribution in [3.8, 4) is 0 Å². The van der Waals surface area contributed by atoms with Crippen LogP contribution in [0.5, 0.6) is 0 Å². The average molecular weight is 413 g/mol. The summed E-state index contributed by atoms with van der Waals surface area (Å²) < 4.78 is 27.0. The minimum absolute atomic E-state index is 0.0638. The van der Waals surface area contributed by atoms with E-state index in [0.717, 1.165) is 0 Å². The molecule has 0 aliphatic carbocycles. The molecule has 0 radical (unpaired) electrons. The van der Waals surface area contributed by atoms with Crippen molar-refractivity contribution >= 4 is 29.1 Å². The van der Waals surface area contributed by atoms with E-state index in [1.54, 1.807) is 18.2 Å². The molecule has 1 atom stereocenters. The number of piperazine rings is 1. The number of rotatable bonds is 3. The van der Waals surface area contributed by atoms with Gasteiger partial charge in [0.15, 0.2) is 0 Å². The van der Waals surface area contributed by atoms with Crippen LogP contribution in [-0.4, -0.2) is 54.9 Å². The number of nitrogens with one attached hydrogen (secondary N) is 2. The minimum atomic E-state index is -0.872. The predicted octanol–water partition coefficient (Wildman–Crippen LogP) is 1.97. The Morgan fingerprint density at radius 3 is 2.37 bits per heavy atom. The fourth-order valence-electron chi connectivity index (χ4n) is 3.52. The smallest absolute Gasteiger partial charge is 0.249 e. The topological polar surface area (TPSA) is 77.0 Å². The first kappa shape index (κ1) is 19.8. The largest absolute Gasteiger partial charge is 0.366 e.